The Morgan fingerprint density at radius 1 is 1.50 bits per heavy atom. The summed E-state index contributed by atoms with van der Waals surface area (Å²) in [6.45, 7) is 7.42. The predicted molar refractivity (Wildman–Crippen MR) is 77.5 cm³/mol. The van der Waals surface area contributed by atoms with Gasteiger partial charge >= 0.3 is 0 Å². The van der Waals surface area contributed by atoms with Crippen molar-refractivity contribution in [3.05, 3.63) is 21.9 Å². The number of rotatable bonds is 7. The third-order valence-electron chi connectivity index (χ3n) is 3.05. The second-order valence-corrected chi connectivity index (χ2v) is 6.00. The summed E-state index contributed by atoms with van der Waals surface area (Å²) in [5.41, 5.74) is 7.00. The Hall–Kier alpha value is -0.870. The highest BCUT2D eigenvalue weighted by molar-refractivity contribution is 7.10. The third kappa shape index (κ3) is 4.42. The molecular weight excluding hydrogens is 244 g/mol. The molecule has 1 atom stereocenters. The van der Waals surface area contributed by atoms with E-state index in [9.17, 15) is 4.79 Å². The minimum atomic E-state index is -0.0601. The Balaban J connectivity index is 2.49. The van der Waals surface area contributed by atoms with Gasteiger partial charge in [0.25, 0.3) is 0 Å². The Bertz CT molecular complexity index is 374. The normalized spacial score (nSPS) is 12.7. The second kappa shape index (κ2) is 7.54. The molecule has 102 valence electrons. The Morgan fingerprint density at radius 2 is 2.22 bits per heavy atom. The first kappa shape index (κ1) is 15.2. The van der Waals surface area contributed by atoms with Crippen molar-refractivity contribution in [3.63, 3.8) is 0 Å². The lowest BCUT2D eigenvalue weighted by Crippen LogP contribution is -2.35. The zero-order valence-electron chi connectivity index (χ0n) is 11.5. The maximum absolute atomic E-state index is 12.0. The molecule has 18 heavy (non-hydrogen) atoms. The Labute approximate surface area is 114 Å². The molecule has 1 rings (SSSR count). The number of aryl methyl sites for hydroxylation is 1. The molecule has 0 saturated heterocycles. The highest BCUT2D eigenvalue weighted by atomic mass is 32.1. The van der Waals surface area contributed by atoms with Gasteiger partial charge in [0.05, 0.1) is 12.5 Å². The molecule has 0 aliphatic heterocycles. The van der Waals surface area contributed by atoms with Crippen LogP contribution >= 0.6 is 11.3 Å². The van der Waals surface area contributed by atoms with E-state index in [1.807, 2.05) is 0 Å². The van der Waals surface area contributed by atoms with Crippen LogP contribution in [0.25, 0.3) is 0 Å². The maximum atomic E-state index is 12.0. The number of carbonyl (C=O) groups is 1. The Morgan fingerprint density at radius 3 is 2.78 bits per heavy atom. The lowest BCUT2D eigenvalue weighted by molar-refractivity contribution is -0.125. The van der Waals surface area contributed by atoms with Crippen molar-refractivity contribution < 1.29 is 4.79 Å². The van der Waals surface area contributed by atoms with E-state index in [-0.39, 0.29) is 11.8 Å². The molecule has 4 heteroatoms. The van der Waals surface area contributed by atoms with Gasteiger partial charge in [0, 0.05) is 11.4 Å². The lowest BCUT2D eigenvalue weighted by atomic mass is 9.96. The molecular formula is C14H24N2OS. The SMILES string of the molecule is CCc1ccsc1CNC(=O)C(CN)CC(C)C. The molecule has 1 aromatic heterocycles. The molecule has 1 amide bonds. The summed E-state index contributed by atoms with van der Waals surface area (Å²) in [6, 6.07) is 2.13. The van der Waals surface area contributed by atoms with Crippen LogP contribution < -0.4 is 11.1 Å². The fourth-order valence-electron chi connectivity index (χ4n) is 2.03. The van der Waals surface area contributed by atoms with E-state index in [0.717, 1.165) is 12.8 Å². The third-order valence-corrected chi connectivity index (χ3v) is 4.02. The fraction of sp³-hybridized carbons (Fsp3) is 0.643. The van der Waals surface area contributed by atoms with Gasteiger partial charge in [0.15, 0.2) is 0 Å². The molecule has 0 spiro atoms. The molecule has 1 unspecified atom stereocenters. The molecule has 1 heterocycles. The van der Waals surface area contributed by atoms with Crippen molar-refractivity contribution in [1.82, 2.24) is 5.32 Å². The lowest BCUT2D eigenvalue weighted by Gasteiger charge is -2.16. The highest BCUT2D eigenvalue weighted by Gasteiger charge is 2.18. The first-order chi connectivity index (χ1) is 8.58. The van der Waals surface area contributed by atoms with Crippen LogP contribution in [-0.2, 0) is 17.8 Å². The molecule has 0 aliphatic rings. The molecule has 3 nitrogen and oxygen atoms in total. The summed E-state index contributed by atoms with van der Waals surface area (Å²) in [6.07, 6.45) is 1.87. The van der Waals surface area contributed by atoms with E-state index < -0.39 is 0 Å². The van der Waals surface area contributed by atoms with Crippen molar-refractivity contribution in [2.45, 2.75) is 40.2 Å². The number of hydrogen-bond acceptors (Lipinski definition) is 3. The van der Waals surface area contributed by atoms with Gasteiger partial charge in [-0.05, 0) is 35.8 Å². The van der Waals surface area contributed by atoms with Gasteiger partial charge < -0.3 is 11.1 Å². The van der Waals surface area contributed by atoms with Gasteiger partial charge in [0.1, 0.15) is 0 Å². The van der Waals surface area contributed by atoms with Crippen LogP contribution in [0.3, 0.4) is 0 Å². The van der Waals surface area contributed by atoms with Crippen LogP contribution in [0.4, 0.5) is 0 Å². The van der Waals surface area contributed by atoms with E-state index in [1.54, 1.807) is 11.3 Å². The first-order valence-electron chi connectivity index (χ1n) is 6.61. The van der Waals surface area contributed by atoms with E-state index in [2.05, 4.69) is 37.5 Å². The van der Waals surface area contributed by atoms with Crippen LogP contribution in [-0.4, -0.2) is 12.5 Å². The average Bonchev–Trinajstić information content (AvgIpc) is 2.80. The summed E-state index contributed by atoms with van der Waals surface area (Å²) in [5.74, 6) is 0.522. The molecule has 1 aromatic rings. The van der Waals surface area contributed by atoms with E-state index in [4.69, 9.17) is 5.73 Å². The number of thiophene rings is 1. The van der Waals surface area contributed by atoms with Crippen molar-refractivity contribution in [1.29, 1.82) is 0 Å². The summed E-state index contributed by atoms with van der Waals surface area (Å²) in [7, 11) is 0. The van der Waals surface area contributed by atoms with Crippen molar-refractivity contribution in [2.24, 2.45) is 17.6 Å². The van der Waals surface area contributed by atoms with Gasteiger partial charge in [-0.3, -0.25) is 4.79 Å². The molecule has 0 fully saturated rings. The molecule has 0 aromatic carbocycles. The topological polar surface area (TPSA) is 55.1 Å². The van der Waals surface area contributed by atoms with Crippen LogP contribution in [0.15, 0.2) is 11.4 Å². The highest BCUT2D eigenvalue weighted by Crippen LogP contribution is 2.17. The zero-order chi connectivity index (χ0) is 13.5. The number of amides is 1. The minimum Gasteiger partial charge on any atom is -0.351 e. The van der Waals surface area contributed by atoms with Crippen molar-refractivity contribution in [2.75, 3.05) is 6.54 Å². The summed E-state index contributed by atoms with van der Waals surface area (Å²) < 4.78 is 0. The number of nitrogens with one attached hydrogen (secondary N) is 1. The fourth-order valence-corrected chi connectivity index (χ4v) is 2.94. The average molecular weight is 268 g/mol. The summed E-state index contributed by atoms with van der Waals surface area (Å²) in [5, 5.41) is 5.09. The van der Waals surface area contributed by atoms with E-state index >= 15 is 0 Å². The van der Waals surface area contributed by atoms with Crippen LogP contribution in [0.5, 0.6) is 0 Å². The summed E-state index contributed by atoms with van der Waals surface area (Å²) in [4.78, 5) is 13.3. The van der Waals surface area contributed by atoms with Gasteiger partial charge in [-0.25, -0.2) is 0 Å². The zero-order valence-corrected chi connectivity index (χ0v) is 12.3. The predicted octanol–water partition coefficient (Wildman–Crippen LogP) is 2.55. The summed E-state index contributed by atoms with van der Waals surface area (Å²) >= 11 is 1.70. The molecule has 3 N–H and O–H groups in total. The van der Waals surface area contributed by atoms with Crippen LogP contribution in [0.2, 0.25) is 0 Å². The van der Waals surface area contributed by atoms with Crippen molar-refractivity contribution >= 4 is 17.2 Å². The second-order valence-electron chi connectivity index (χ2n) is 5.00. The standard InChI is InChI=1S/C14H24N2OS/c1-4-11-5-6-18-13(11)9-16-14(17)12(8-15)7-10(2)3/h5-6,10,12H,4,7-9,15H2,1-3H3,(H,16,17). The molecule has 0 saturated carbocycles. The van der Waals surface area contributed by atoms with Gasteiger partial charge in [-0.1, -0.05) is 20.8 Å². The van der Waals surface area contributed by atoms with Crippen LogP contribution in [0, 0.1) is 11.8 Å². The quantitative estimate of drug-likeness (QED) is 0.798. The number of carbonyl (C=O) groups excluding carboxylic acids is 1. The Kier molecular flexibility index (Phi) is 6.36. The molecule has 0 radical (unpaired) electrons. The minimum absolute atomic E-state index is 0.0601. The van der Waals surface area contributed by atoms with E-state index in [0.29, 0.717) is 19.0 Å². The largest absolute Gasteiger partial charge is 0.351 e. The molecule has 0 bridgehead atoms. The maximum Gasteiger partial charge on any atom is 0.224 e. The number of hydrogen-bond donors (Lipinski definition) is 2. The number of nitrogens with two attached hydrogens (primary N) is 1. The van der Waals surface area contributed by atoms with Crippen LogP contribution in [0.1, 0.15) is 37.6 Å². The van der Waals surface area contributed by atoms with Gasteiger partial charge in [-0.2, -0.15) is 0 Å². The van der Waals surface area contributed by atoms with Crippen molar-refractivity contribution in [3.8, 4) is 0 Å². The monoisotopic (exact) mass is 268 g/mol. The first-order valence-corrected chi connectivity index (χ1v) is 7.49. The molecule has 0 aliphatic carbocycles. The van der Waals surface area contributed by atoms with E-state index in [1.165, 1.54) is 10.4 Å². The smallest absolute Gasteiger partial charge is 0.224 e. The van der Waals surface area contributed by atoms with Gasteiger partial charge in [0.2, 0.25) is 5.91 Å². The van der Waals surface area contributed by atoms with Gasteiger partial charge in [-0.15, -0.1) is 11.3 Å².